The molecule has 2 aliphatic rings. The molecule has 3 heterocycles. The van der Waals surface area contributed by atoms with E-state index >= 15 is 4.79 Å². The lowest BCUT2D eigenvalue weighted by Gasteiger charge is -2.49. The van der Waals surface area contributed by atoms with Crippen molar-refractivity contribution in [2.24, 2.45) is 5.16 Å². The molecule has 0 saturated carbocycles. The maximum atomic E-state index is 15.1. The fourth-order valence-corrected chi connectivity index (χ4v) is 10.9. The number of methoxy groups -OCH3 is 1. The van der Waals surface area contributed by atoms with Gasteiger partial charge in [-0.05, 0) is 16.7 Å². The Labute approximate surface area is 418 Å². The van der Waals surface area contributed by atoms with Gasteiger partial charge in [0.05, 0.1) is 6.61 Å². The van der Waals surface area contributed by atoms with Gasteiger partial charge in [0, 0.05) is 47.1 Å². The lowest BCUT2D eigenvalue weighted by atomic mass is 9.77. The predicted octanol–water partition coefficient (Wildman–Crippen LogP) is 8.37. The van der Waals surface area contributed by atoms with Crippen molar-refractivity contribution in [2.45, 2.75) is 22.6 Å². The number of hydrogen-bond acceptors (Lipinski definition) is 12. The first kappa shape index (κ1) is 48.0. The van der Waals surface area contributed by atoms with Crippen LogP contribution in [-0.2, 0) is 39.8 Å². The summed E-state index contributed by atoms with van der Waals surface area (Å²) in [5.74, 6) is -2.71. The number of anilines is 1. The molecule has 1 unspecified atom stereocenters. The standard InChI is InChI=1S/C55H48N6O8S2/c1-67-33-32-56-53(66)68-34-37-35-70-50-46(49(63)61(50)47(37)51(64)65)58-48(62)45(60-69-55(41-26-14-5-15-27-41,42-28-16-6-17-29-42)43-30-18-7-19-31-43)44-36-71-52(57-44)59-54(38-20-8-2-9-21-38,39-22-10-3-11-23-39)40-24-12-4-13-25-40/h2-31,36,46,50H,32-35H2,1H3,(H,56,66)(H,57,59)(H,58,62)(H,64,65)/t46?,50-/m0/s1. The number of fused-ring (bicyclic) bond motifs is 1. The number of aromatic nitrogens is 1. The Kier molecular flexibility index (Phi) is 14.7. The summed E-state index contributed by atoms with van der Waals surface area (Å²) in [4.78, 5) is 67.2. The Hall–Kier alpha value is -8.05. The fraction of sp³-hybridized carbons (Fsp3) is 0.164. The van der Waals surface area contributed by atoms with Crippen LogP contribution in [0.4, 0.5) is 9.93 Å². The third-order valence-electron chi connectivity index (χ3n) is 12.2. The zero-order valence-corrected chi connectivity index (χ0v) is 40.0. The number of carbonyl (C=O) groups is 4. The highest BCUT2D eigenvalue weighted by Crippen LogP contribution is 2.44. The van der Waals surface area contributed by atoms with E-state index in [-0.39, 0.29) is 48.2 Å². The van der Waals surface area contributed by atoms with Crippen LogP contribution in [0.2, 0.25) is 0 Å². The molecule has 0 aliphatic carbocycles. The van der Waals surface area contributed by atoms with Crippen LogP contribution in [0.5, 0.6) is 0 Å². The smallest absolute Gasteiger partial charge is 0.407 e. The number of nitrogens with one attached hydrogen (secondary N) is 3. The average Bonchev–Trinajstić information content (AvgIpc) is 3.89. The van der Waals surface area contributed by atoms with Crippen LogP contribution in [0.1, 0.15) is 39.1 Å². The second kappa shape index (κ2) is 21.7. The van der Waals surface area contributed by atoms with E-state index in [0.29, 0.717) is 5.13 Å². The number of amides is 3. The van der Waals surface area contributed by atoms with Gasteiger partial charge < -0.3 is 35.4 Å². The third kappa shape index (κ3) is 9.77. The van der Waals surface area contributed by atoms with Gasteiger partial charge in [0.2, 0.25) is 5.60 Å². The molecule has 0 radical (unpaired) electrons. The monoisotopic (exact) mass is 984 g/mol. The first-order valence-electron chi connectivity index (χ1n) is 22.7. The number of carboxylic acids is 1. The van der Waals surface area contributed by atoms with E-state index in [4.69, 9.17) is 24.5 Å². The van der Waals surface area contributed by atoms with Crippen molar-refractivity contribution in [3.8, 4) is 0 Å². The topological polar surface area (TPSA) is 181 Å². The van der Waals surface area contributed by atoms with E-state index in [9.17, 15) is 19.5 Å². The summed E-state index contributed by atoms with van der Waals surface area (Å²) in [7, 11) is 1.49. The van der Waals surface area contributed by atoms with Gasteiger partial charge in [-0.25, -0.2) is 14.6 Å². The molecular formula is C55H48N6O8S2. The van der Waals surface area contributed by atoms with Crippen LogP contribution in [0.25, 0.3) is 0 Å². The van der Waals surface area contributed by atoms with Crippen LogP contribution in [0.15, 0.2) is 204 Å². The number of alkyl carbamates (subject to hydrolysis) is 1. The Morgan fingerprint density at radius 2 is 1.21 bits per heavy atom. The van der Waals surface area contributed by atoms with Gasteiger partial charge >= 0.3 is 12.1 Å². The Morgan fingerprint density at radius 3 is 1.68 bits per heavy atom. The van der Waals surface area contributed by atoms with Crippen LogP contribution < -0.4 is 16.0 Å². The van der Waals surface area contributed by atoms with Crippen molar-refractivity contribution in [2.75, 3.05) is 37.9 Å². The lowest BCUT2D eigenvalue weighted by molar-refractivity contribution is -0.150. The third-order valence-corrected chi connectivity index (χ3v) is 14.3. The SMILES string of the molecule is COCCNC(=O)OCC1=C(C(=O)O)N2C(=O)C(NC(=O)C(=NOC(c3ccccc3)(c3ccccc3)c3ccccc3)c3csc(NC(c4ccccc4)(c4ccccc4)c4ccccc4)n3)[C@@H]2SC1. The molecule has 2 aliphatic heterocycles. The molecule has 9 rings (SSSR count). The largest absolute Gasteiger partial charge is 0.477 e. The second-order valence-electron chi connectivity index (χ2n) is 16.4. The van der Waals surface area contributed by atoms with Crippen molar-refractivity contribution < 1.29 is 38.6 Å². The molecule has 1 saturated heterocycles. The first-order chi connectivity index (χ1) is 34.7. The molecular weight excluding hydrogens is 937 g/mol. The number of aliphatic carboxylic acids is 1. The van der Waals surface area contributed by atoms with Gasteiger partial charge in [0.25, 0.3) is 11.8 Å². The highest BCUT2D eigenvalue weighted by molar-refractivity contribution is 8.00. The van der Waals surface area contributed by atoms with Gasteiger partial charge in [-0.2, -0.15) is 0 Å². The Balaban J connectivity index is 1.11. The van der Waals surface area contributed by atoms with Gasteiger partial charge in [-0.15, -0.1) is 23.1 Å². The van der Waals surface area contributed by atoms with Crippen molar-refractivity contribution in [1.82, 2.24) is 20.5 Å². The zero-order chi connectivity index (χ0) is 49.2. The van der Waals surface area contributed by atoms with Crippen molar-refractivity contribution in [3.05, 3.63) is 238 Å². The number of ether oxygens (including phenoxy) is 2. The quantitative estimate of drug-likeness (QED) is 0.0201. The number of benzene rings is 6. The van der Waals surface area contributed by atoms with Gasteiger partial charge in [-0.1, -0.05) is 187 Å². The Bertz CT molecular complexity index is 2840. The molecule has 7 aromatic rings. The number of hydrogen-bond donors (Lipinski definition) is 4. The maximum Gasteiger partial charge on any atom is 0.407 e. The van der Waals surface area contributed by atoms with Crippen molar-refractivity contribution in [3.63, 3.8) is 0 Å². The van der Waals surface area contributed by atoms with E-state index in [1.807, 2.05) is 146 Å². The van der Waals surface area contributed by atoms with Crippen LogP contribution >= 0.6 is 23.1 Å². The number of thiazole rings is 1. The molecule has 1 fully saturated rings. The number of carboxylic acid groups (broad SMARTS) is 1. The molecule has 6 aromatic carbocycles. The molecule has 0 spiro atoms. The molecule has 2 atom stereocenters. The molecule has 71 heavy (non-hydrogen) atoms. The zero-order valence-electron chi connectivity index (χ0n) is 38.3. The number of nitrogens with zero attached hydrogens (tertiary/aromatic N) is 3. The molecule has 14 nitrogen and oxygen atoms in total. The van der Waals surface area contributed by atoms with E-state index in [2.05, 4.69) is 52.3 Å². The van der Waals surface area contributed by atoms with Crippen LogP contribution in [0.3, 0.4) is 0 Å². The molecule has 3 amide bonds. The maximum absolute atomic E-state index is 15.1. The second-order valence-corrected chi connectivity index (χ2v) is 18.4. The summed E-state index contributed by atoms with van der Waals surface area (Å²) in [6, 6.07) is 57.6. The average molecular weight is 985 g/mol. The Morgan fingerprint density at radius 1 is 0.732 bits per heavy atom. The highest BCUT2D eigenvalue weighted by atomic mass is 32.2. The minimum atomic E-state index is -1.39. The summed E-state index contributed by atoms with van der Waals surface area (Å²) < 4.78 is 10.2. The number of rotatable bonds is 19. The van der Waals surface area contributed by atoms with Gasteiger partial charge in [-0.3, -0.25) is 14.5 Å². The number of thioether (sulfide) groups is 1. The number of oxime groups is 1. The molecule has 0 bridgehead atoms. The van der Waals surface area contributed by atoms with E-state index in [1.165, 1.54) is 30.2 Å². The normalized spacial score (nSPS) is 15.8. The summed E-state index contributed by atoms with van der Waals surface area (Å²) >= 11 is 2.50. The minimum absolute atomic E-state index is 0.110. The molecule has 358 valence electrons. The van der Waals surface area contributed by atoms with E-state index in [1.54, 1.807) is 5.38 Å². The van der Waals surface area contributed by atoms with Crippen molar-refractivity contribution in [1.29, 1.82) is 0 Å². The predicted molar refractivity (Wildman–Crippen MR) is 273 cm³/mol. The van der Waals surface area contributed by atoms with Gasteiger partial charge in [0.1, 0.15) is 35.0 Å². The number of β-lactam (4-membered cyclic amide) rings is 1. The van der Waals surface area contributed by atoms with Crippen molar-refractivity contribution >= 4 is 57.8 Å². The minimum Gasteiger partial charge on any atom is -0.477 e. The molecule has 16 heteroatoms. The summed E-state index contributed by atoms with van der Waals surface area (Å²) in [5.41, 5.74) is 2.49. The van der Waals surface area contributed by atoms with Crippen LogP contribution in [-0.4, -0.2) is 88.6 Å². The first-order valence-corrected chi connectivity index (χ1v) is 24.6. The van der Waals surface area contributed by atoms with Crippen LogP contribution in [0, 0.1) is 0 Å². The molecule has 4 N–H and O–H groups in total. The number of carbonyl (C=O) groups excluding carboxylic acids is 3. The van der Waals surface area contributed by atoms with Gasteiger partial charge in [0.15, 0.2) is 10.8 Å². The summed E-state index contributed by atoms with van der Waals surface area (Å²) in [6.07, 6.45) is -0.761. The van der Waals surface area contributed by atoms with E-state index in [0.717, 1.165) is 38.3 Å². The van der Waals surface area contributed by atoms with E-state index < -0.39 is 46.4 Å². The summed E-state index contributed by atoms with van der Waals surface area (Å²) in [5, 5.41) is 25.6. The fourth-order valence-electron chi connectivity index (χ4n) is 8.84. The molecule has 1 aromatic heterocycles. The summed E-state index contributed by atoms with van der Waals surface area (Å²) in [6.45, 7) is 0.0939. The lowest BCUT2D eigenvalue weighted by Crippen LogP contribution is -2.71. The highest BCUT2D eigenvalue weighted by Gasteiger charge is 2.55.